The van der Waals surface area contributed by atoms with Crippen molar-refractivity contribution in [3.63, 3.8) is 0 Å². The molecule has 1 aliphatic heterocycles. The largest absolute Gasteiger partial charge is 0.496 e. The average Bonchev–Trinajstić information content (AvgIpc) is 2.91. The van der Waals surface area contributed by atoms with Gasteiger partial charge in [-0.1, -0.05) is 71.1 Å². The van der Waals surface area contributed by atoms with Crippen LogP contribution in [0.3, 0.4) is 0 Å². The minimum atomic E-state index is -0.856. The van der Waals surface area contributed by atoms with Crippen LogP contribution in [-0.4, -0.2) is 24.4 Å². The number of benzene rings is 1. The minimum Gasteiger partial charge on any atom is -0.496 e. The molecular weight excluding hydrogens is 336 g/mol. The first-order chi connectivity index (χ1) is 12.6. The van der Waals surface area contributed by atoms with Crippen LogP contribution in [0.2, 0.25) is 0 Å². The van der Waals surface area contributed by atoms with E-state index in [2.05, 4.69) is 46.8 Å². The molecule has 1 aromatic carbocycles. The van der Waals surface area contributed by atoms with Gasteiger partial charge >= 0.3 is 0 Å². The van der Waals surface area contributed by atoms with Crippen LogP contribution in [0.1, 0.15) is 52.2 Å². The predicted molar refractivity (Wildman–Crippen MR) is 111 cm³/mol. The van der Waals surface area contributed by atoms with E-state index < -0.39 is 5.60 Å². The lowest BCUT2D eigenvalue weighted by Crippen LogP contribution is -2.29. The van der Waals surface area contributed by atoms with Gasteiger partial charge in [0.1, 0.15) is 11.5 Å². The number of rotatable bonds is 4. The van der Waals surface area contributed by atoms with E-state index in [1.54, 1.807) is 7.11 Å². The third kappa shape index (κ3) is 3.98. The zero-order valence-corrected chi connectivity index (χ0v) is 17.4. The summed E-state index contributed by atoms with van der Waals surface area (Å²) in [6.45, 7) is 11.9. The molecule has 0 fully saturated rings. The summed E-state index contributed by atoms with van der Waals surface area (Å²) in [4.78, 5) is 0. The van der Waals surface area contributed by atoms with Crippen molar-refractivity contribution in [3.8, 4) is 5.75 Å². The fraction of sp³-hybridized carbons (Fsp3) is 0.500. The highest BCUT2D eigenvalue weighted by Crippen LogP contribution is 2.49. The number of hydrogen-bond donors (Lipinski definition) is 1. The van der Waals surface area contributed by atoms with Crippen molar-refractivity contribution in [3.05, 3.63) is 59.2 Å². The van der Waals surface area contributed by atoms with Crippen LogP contribution in [-0.2, 0) is 11.2 Å². The summed E-state index contributed by atoms with van der Waals surface area (Å²) < 4.78 is 11.8. The Morgan fingerprint density at radius 3 is 2.52 bits per heavy atom. The van der Waals surface area contributed by atoms with Gasteiger partial charge in [0.2, 0.25) is 0 Å². The Morgan fingerprint density at radius 1 is 1.19 bits per heavy atom. The number of methoxy groups -OCH3 is 1. The van der Waals surface area contributed by atoms with Gasteiger partial charge in [-0.25, -0.2) is 0 Å². The summed E-state index contributed by atoms with van der Waals surface area (Å²) in [6.07, 6.45) is 8.87. The fourth-order valence-electron chi connectivity index (χ4n) is 4.43. The molecule has 0 bridgehead atoms. The molecule has 1 N–H and O–H groups in total. The molecule has 3 rings (SSSR count). The molecule has 146 valence electrons. The van der Waals surface area contributed by atoms with E-state index in [-0.39, 0.29) is 10.8 Å². The predicted octanol–water partition coefficient (Wildman–Crippen LogP) is 5.30. The number of allylic oxidation sites excluding steroid dienone is 2. The van der Waals surface area contributed by atoms with Crippen LogP contribution < -0.4 is 4.74 Å². The highest BCUT2D eigenvalue weighted by atomic mass is 16.5. The molecule has 0 saturated carbocycles. The number of aliphatic hydroxyl groups is 1. The van der Waals surface area contributed by atoms with Crippen LogP contribution in [0.25, 0.3) is 5.76 Å². The zero-order chi connectivity index (χ0) is 19.9. The number of ether oxygens (including phenoxy) is 2. The number of hydrogen-bond acceptors (Lipinski definition) is 3. The van der Waals surface area contributed by atoms with E-state index in [1.807, 2.05) is 30.4 Å². The van der Waals surface area contributed by atoms with E-state index in [0.717, 1.165) is 22.6 Å². The molecule has 1 atom stereocenters. The maximum Gasteiger partial charge on any atom is 0.127 e. The van der Waals surface area contributed by atoms with Gasteiger partial charge < -0.3 is 14.6 Å². The summed E-state index contributed by atoms with van der Waals surface area (Å²) in [5, 5.41) is 10.8. The van der Waals surface area contributed by atoms with E-state index in [0.29, 0.717) is 19.4 Å². The molecule has 2 aliphatic rings. The van der Waals surface area contributed by atoms with Crippen LogP contribution in [0.5, 0.6) is 5.75 Å². The molecule has 0 spiro atoms. The van der Waals surface area contributed by atoms with Crippen molar-refractivity contribution in [2.45, 2.75) is 53.1 Å². The molecule has 0 radical (unpaired) electrons. The topological polar surface area (TPSA) is 38.7 Å². The Bertz CT molecular complexity index is 805. The Labute approximate surface area is 163 Å². The molecule has 3 heteroatoms. The second-order valence-electron chi connectivity index (χ2n) is 9.43. The van der Waals surface area contributed by atoms with Crippen molar-refractivity contribution in [1.29, 1.82) is 0 Å². The normalized spacial score (nSPS) is 24.3. The maximum atomic E-state index is 10.8. The molecule has 1 aromatic rings. The monoisotopic (exact) mass is 368 g/mol. The summed E-state index contributed by atoms with van der Waals surface area (Å²) in [5.74, 6) is 1.76. The van der Waals surface area contributed by atoms with Crippen molar-refractivity contribution >= 4 is 5.76 Å². The third-order valence-corrected chi connectivity index (χ3v) is 5.40. The lowest BCUT2D eigenvalue weighted by atomic mass is 9.71. The standard InChI is InChI=1S/C24H32O3/c1-22(2,3)21-20(27-16-23(21,4)5)17-10-11-18(19(14-17)26-6)15-24(25)12-8-7-9-13-24/h7-12,14,25H,13,15-16H2,1-6H3. The van der Waals surface area contributed by atoms with Crippen LogP contribution in [0.15, 0.2) is 48.1 Å². The molecule has 0 amide bonds. The lowest BCUT2D eigenvalue weighted by molar-refractivity contribution is 0.0927. The quantitative estimate of drug-likeness (QED) is 0.784. The highest BCUT2D eigenvalue weighted by Gasteiger charge is 2.41. The van der Waals surface area contributed by atoms with Crippen molar-refractivity contribution < 1.29 is 14.6 Å². The first kappa shape index (κ1) is 19.8. The summed E-state index contributed by atoms with van der Waals surface area (Å²) in [5.41, 5.74) is 2.55. The molecule has 0 saturated heterocycles. The molecule has 1 heterocycles. The van der Waals surface area contributed by atoms with E-state index >= 15 is 0 Å². The van der Waals surface area contributed by atoms with Gasteiger partial charge in [0, 0.05) is 17.4 Å². The smallest absolute Gasteiger partial charge is 0.127 e. The van der Waals surface area contributed by atoms with Crippen LogP contribution in [0, 0.1) is 10.8 Å². The highest BCUT2D eigenvalue weighted by molar-refractivity contribution is 5.69. The SMILES string of the molecule is COc1cc(C2=C(C(C)(C)C)C(C)(C)CO2)ccc1CC1(O)C=CC=CC1. The second kappa shape index (κ2) is 6.87. The molecule has 27 heavy (non-hydrogen) atoms. The first-order valence-corrected chi connectivity index (χ1v) is 9.68. The van der Waals surface area contributed by atoms with Gasteiger partial charge in [-0.05, 0) is 29.0 Å². The van der Waals surface area contributed by atoms with Crippen molar-refractivity contribution in [2.24, 2.45) is 10.8 Å². The fourth-order valence-corrected chi connectivity index (χ4v) is 4.43. The van der Waals surface area contributed by atoms with Gasteiger partial charge in [-0.15, -0.1) is 0 Å². The first-order valence-electron chi connectivity index (χ1n) is 9.68. The Hall–Kier alpha value is -2.00. The van der Waals surface area contributed by atoms with E-state index in [1.165, 1.54) is 5.57 Å². The van der Waals surface area contributed by atoms with Gasteiger partial charge in [0.25, 0.3) is 0 Å². The van der Waals surface area contributed by atoms with Gasteiger partial charge in [0.15, 0.2) is 0 Å². The summed E-state index contributed by atoms with van der Waals surface area (Å²) in [6, 6.07) is 6.19. The summed E-state index contributed by atoms with van der Waals surface area (Å²) >= 11 is 0. The second-order valence-corrected chi connectivity index (χ2v) is 9.43. The zero-order valence-electron chi connectivity index (χ0n) is 17.4. The molecule has 3 nitrogen and oxygen atoms in total. The minimum absolute atomic E-state index is 0.00781. The summed E-state index contributed by atoms with van der Waals surface area (Å²) in [7, 11) is 1.68. The van der Waals surface area contributed by atoms with Gasteiger partial charge in [-0.3, -0.25) is 0 Å². The molecular formula is C24H32O3. The van der Waals surface area contributed by atoms with Crippen LogP contribution >= 0.6 is 0 Å². The van der Waals surface area contributed by atoms with Crippen molar-refractivity contribution in [1.82, 2.24) is 0 Å². The van der Waals surface area contributed by atoms with Gasteiger partial charge in [0.05, 0.1) is 19.3 Å². The molecule has 1 unspecified atom stereocenters. The Kier molecular flexibility index (Phi) is 5.02. The molecule has 1 aliphatic carbocycles. The van der Waals surface area contributed by atoms with Crippen molar-refractivity contribution in [2.75, 3.05) is 13.7 Å². The average molecular weight is 369 g/mol. The lowest BCUT2D eigenvalue weighted by Gasteiger charge is -2.31. The third-order valence-electron chi connectivity index (χ3n) is 5.40. The molecule has 0 aromatic heterocycles. The Morgan fingerprint density at radius 2 is 1.93 bits per heavy atom. The van der Waals surface area contributed by atoms with Crippen LogP contribution in [0.4, 0.5) is 0 Å². The van der Waals surface area contributed by atoms with E-state index in [4.69, 9.17) is 9.47 Å². The van der Waals surface area contributed by atoms with E-state index in [9.17, 15) is 5.11 Å². The Balaban J connectivity index is 1.99. The maximum absolute atomic E-state index is 10.8. The van der Waals surface area contributed by atoms with Gasteiger partial charge in [-0.2, -0.15) is 0 Å².